The molecular weight excluding hydrogens is 290 g/mol. The van der Waals surface area contributed by atoms with Crippen LogP contribution in [-0.2, 0) is 26.4 Å². The fourth-order valence-corrected chi connectivity index (χ4v) is 3.99. The van der Waals surface area contributed by atoms with Gasteiger partial charge in [0.1, 0.15) is 0 Å². The molecule has 1 aliphatic rings. The molecule has 0 saturated heterocycles. The van der Waals surface area contributed by atoms with E-state index in [0.717, 1.165) is 30.4 Å². The Bertz CT molecular complexity index is 604. The lowest BCUT2D eigenvalue weighted by atomic mass is 10.00. The van der Waals surface area contributed by atoms with Crippen LogP contribution in [0.3, 0.4) is 0 Å². The quantitative estimate of drug-likeness (QED) is 0.907. The number of hydrogen-bond donors (Lipinski definition) is 1. The minimum atomic E-state index is -3.33. The largest absolute Gasteiger partial charge is 0.302 e. The lowest BCUT2D eigenvalue weighted by Gasteiger charge is -2.32. The lowest BCUT2D eigenvalue weighted by molar-refractivity contribution is 0.174. The number of hydrogen-bond acceptors (Lipinski definition) is 3. The second-order valence-electron chi connectivity index (χ2n) is 6.19. The van der Waals surface area contributed by atoms with Crippen LogP contribution in [-0.4, -0.2) is 32.3 Å². The fourth-order valence-electron chi connectivity index (χ4n) is 2.80. The standard InChI is InChI=1S/C15H23NO2S2/c1-11(2)16(4)15(7-8-15)10-13-9-12(3)5-6-14(13)20(17,18)19/h5-6,9,11H,7-8,10H2,1-4H3,(H,17,18,19). The third-order valence-electron chi connectivity index (χ3n) is 4.36. The molecule has 1 aromatic rings. The molecule has 1 aliphatic carbocycles. The first-order valence-electron chi connectivity index (χ1n) is 6.96. The molecule has 5 heteroatoms. The molecule has 1 atom stereocenters. The van der Waals surface area contributed by atoms with Crippen molar-refractivity contribution in [1.82, 2.24) is 4.90 Å². The number of rotatable bonds is 5. The number of benzene rings is 1. The molecule has 1 saturated carbocycles. The summed E-state index contributed by atoms with van der Waals surface area (Å²) in [6.45, 7) is 6.36. The molecule has 0 bridgehead atoms. The van der Waals surface area contributed by atoms with Gasteiger partial charge in [0.05, 0.1) is 4.90 Å². The molecule has 1 unspecified atom stereocenters. The summed E-state index contributed by atoms with van der Waals surface area (Å²) in [5, 5.41) is 0. The molecule has 1 aromatic carbocycles. The van der Waals surface area contributed by atoms with E-state index in [1.807, 2.05) is 19.1 Å². The van der Waals surface area contributed by atoms with Crippen molar-refractivity contribution in [3.63, 3.8) is 0 Å². The topological polar surface area (TPSA) is 40.5 Å². The highest BCUT2D eigenvalue weighted by Crippen LogP contribution is 2.45. The average molecular weight is 313 g/mol. The van der Waals surface area contributed by atoms with Gasteiger partial charge in [-0.1, -0.05) is 17.7 Å². The second kappa shape index (κ2) is 5.37. The molecule has 20 heavy (non-hydrogen) atoms. The third-order valence-corrected chi connectivity index (χ3v) is 5.86. The summed E-state index contributed by atoms with van der Waals surface area (Å²) in [6.07, 6.45) is 3.07. The van der Waals surface area contributed by atoms with Crippen LogP contribution in [0.25, 0.3) is 0 Å². The number of nitrogens with zero attached hydrogens (tertiary/aromatic N) is 1. The number of likely N-dealkylation sites (N-methyl/N-ethyl adjacent to an activating group) is 1. The summed E-state index contributed by atoms with van der Waals surface area (Å²) in [5.74, 6) is 0. The van der Waals surface area contributed by atoms with E-state index in [1.54, 1.807) is 6.07 Å². The predicted octanol–water partition coefficient (Wildman–Crippen LogP) is 2.99. The molecule has 0 amide bonds. The van der Waals surface area contributed by atoms with Gasteiger partial charge in [-0.25, -0.2) is 4.21 Å². The highest BCUT2D eigenvalue weighted by atomic mass is 32.8. The van der Waals surface area contributed by atoms with Gasteiger partial charge in [0, 0.05) is 22.8 Å². The van der Waals surface area contributed by atoms with Crippen molar-refractivity contribution in [3.8, 4) is 0 Å². The van der Waals surface area contributed by atoms with Gasteiger partial charge < -0.3 is 4.55 Å². The Morgan fingerprint density at radius 2 is 2.05 bits per heavy atom. The van der Waals surface area contributed by atoms with Gasteiger partial charge >= 0.3 is 0 Å². The molecule has 0 aromatic heterocycles. The van der Waals surface area contributed by atoms with E-state index in [4.69, 9.17) is 11.2 Å². The molecule has 1 N–H and O–H groups in total. The van der Waals surface area contributed by atoms with Crippen LogP contribution in [0.2, 0.25) is 0 Å². The van der Waals surface area contributed by atoms with Gasteiger partial charge in [-0.05, 0) is 58.7 Å². The van der Waals surface area contributed by atoms with Crippen LogP contribution in [0.1, 0.15) is 37.8 Å². The first-order valence-corrected chi connectivity index (χ1v) is 9.40. The monoisotopic (exact) mass is 313 g/mol. The van der Waals surface area contributed by atoms with Gasteiger partial charge in [0.2, 0.25) is 0 Å². The second-order valence-corrected chi connectivity index (χ2v) is 8.94. The molecular formula is C15H23NO2S2. The molecule has 3 nitrogen and oxygen atoms in total. The molecule has 0 radical (unpaired) electrons. The van der Waals surface area contributed by atoms with Crippen molar-refractivity contribution >= 4 is 20.0 Å². The van der Waals surface area contributed by atoms with Crippen molar-refractivity contribution in [1.29, 1.82) is 0 Å². The Hall–Kier alpha value is -0.490. The fraction of sp³-hybridized carbons (Fsp3) is 0.600. The maximum Gasteiger partial charge on any atom is 0.171 e. The third kappa shape index (κ3) is 3.22. The predicted molar refractivity (Wildman–Crippen MR) is 86.1 cm³/mol. The molecule has 0 spiro atoms. The minimum absolute atomic E-state index is 0.136. The SMILES string of the molecule is Cc1ccc(S(=O)(O)=S)c(CC2(N(C)C(C)C)CC2)c1. The van der Waals surface area contributed by atoms with Crippen LogP contribution in [0.15, 0.2) is 23.1 Å². The van der Waals surface area contributed by atoms with Crippen molar-refractivity contribution in [2.45, 2.75) is 56.5 Å². The highest BCUT2D eigenvalue weighted by Gasteiger charge is 2.47. The summed E-state index contributed by atoms with van der Waals surface area (Å²) in [7, 11) is -1.19. The number of aryl methyl sites for hydroxylation is 1. The first-order chi connectivity index (χ1) is 9.16. The zero-order valence-corrected chi connectivity index (χ0v) is 14.2. The van der Waals surface area contributed by atoms with E-state index >= 15 is 0 Å². The molecule has 2 rings (SSSR count). The highest BCUT2D eigenvalue weighted by molar-refractivity contribution is 8.29. The Balaban J connectivity index is 2.37. The van der Waals surface area contributed by atoms with Gasteiger partial charge in [0.15, 0.2) is 8.77 Å². The maximum atomic E-state index is 11.9. The Morgan fingerprint density at radius 1 is 1.45 bits per heavy atom. The van der Waals surface area contributed by atoms with E-state index < -0.39 is 8.77 Å². The Morgan fingerprint density at radius 3 is 2.50 bits per heavy atom. The average Bonchev–Trinajstić information content (AvgIpc) is 3.07. The van der Waals surface area contributed by atoms with Crippen LogP contribution < -0.4 is 0 Å². The first kappa shape index (κ1) is 15.9. The zero-order valence-electron chi connectivity index (χ0n) is 12.5. The van der Waals surface area contributed by atoms with E-state index in [-0.39, 0.29) is 5.54 Å². The van der Waals surface area contributed by atoms with E-state index in [9.17, 15) is 8.76 Å². The summed E-state index contributed by atoms with van der Waals surface area (Å²) in [5.41, 5.74) is 2.17. The van der Waals surface area contributed by atoms with Gasteiger partial charge in [-0.2, -0.15) is 0 Å². The van der Waals surface area contributed by atoms with Crippen molar-refractivity contribution in [2.24, 2.45) is 0 Å². The van der Waals surface area contributed by atoms with Gasteiger partial charge in [-0.15, -0.1) is 0 Å². The zero-order chi connectivity index (χ0) is 15.1. The van der Waals surface area contributed by atoms with Gasteiger partial charge in [-0.3, -0.25) is 4.90 Å². The Kier molecular flexibility index (Phi) is 4.27. The smallest absolute Gasteiger partial charge is 0.171 e. The Labute approximate surface area is 126 Å². The van der Waals surface area contributed by atoms with E-state index in [0.29, 0.717) is 10.9 Å². The van der Waals surface area contributed by atoms with Gasteiger partial charge in [0.25, 0.3) is 0 Å². The summed E-state index contributed by atoms with van der Waals surface area (Å²) < 4.78 is 21.6. The van der Waals surface area contributed by atoms with Crippen LogP contribution in [0.4, 0.5) is 0 Å². The lowest BCUT2D eigenvalue weighted by Crippen LogP contribution is -2.40. The van der Waals surface area contributed by atoms with E-state index in [2.05, 4.69) is 25.8 Å². The normalized spacial score (nSPS) is 20.1. The molecule has 0 aliphatic heterocycles. The minimum Gasteiger partial charge on any atom is -0.302 e. The molecule has 1 fully saturated rings. The van der Waals surface area contributed by atoms with E-state index in [1.165, 1.54) is 0 Å². The van der Waals surface area contributed by atoms with Crippen molar-refractivity contribution in [3.05, 3.63) is 29.3 Å². The molecule has 0 heterocycles. The van der Waals surface area contributed by atoms with Crippen LogP contribution in [0.5, 0.6) is 0 Å². The molecule has 112 valence electrons. The maximum absolute atomic E-state index is 11.9. The van der Waals surface area contributed by atoms with Crippen molar-refractivity contribution < 1.29 is 8.76 Å². The summed E-state index contributed by atoms with van der Waals surface area (Å²) in [4.78, 5) is 2.79. The van der Waals surface area contributed by atoms with Crippen LogP contribution >= 0.6 is 0 Å². The summed E-state index contributed by atoms with van der Waals surface area (Å²) >= 11 is 4.78. The van der Waals surface area contributed by atoms with Crippen LogP contribution in [0, 0.1) is 6.92 Å². The van der Waals surface area contributed by atoms with Crippen molar-refractivity contribution in [2.75, 3.05) is 7.05 Å². The summed E-state index contributed by atoms with van der Waals surface area (Å²) in [6, 6.07) is 6.04.